The van der Waals surface area contributed by atoms with Gasteiger partial charge in [-0.2, -0.15) is 0 Å². The van der Waals surface area contributed by atoms with E-state index in [1.54, 1.807) is 7.11 Å². The van der Waals surface area contributed by atoms with Crippen molar-refractivity contribution in [2.45, 2.75) is 45.2 Å². The van der Waals surface area contributed by atoms with Gasteiger partial charge in [-0.1, -0.05) is 13.8 Å². The molecule has 0 bridgehead atoms. The standard InChI is InChI=1S/C12H28N2O2/c1-10(2)12(6-8-15)14-11(9-16-3)5-4-7-13/h10-12,14-15H,4-9,13H2,1-3H3. The minimum atomic E-state index is 0.229. The number of nitrogens with one attached hydrogen (secondary N) is 1. The molecule has 0 spiro atoms. The van der Waals surface area contributed by atoms with Crippen LogP contribution in [0.3, 0.4) is 0 Å². The molecule has 16 heavy (non-hydrogen) atoms. The highest BCUT2D eigenvalue weighted by Gasteiger charge is 2.17. The van der Waals surface area contributed by atoms with Crippen molar-refractivity contribution in [2.75, 3.05) is 26.9 Å². The molecule has 0 saturated carbocycles. The SMILES string of the molecule is COCC(CCCN)NC(CCO)C(C)C. The van der Waals surface area contributed by atoms with Crippen LogP contribution in [0, 0.1) is 5.92 Å². The van der Waals surface area contributed by atoms with Crippen LogP contribution < -0.4 is 11.1 Å². The molecule has 0 radical (unpaired) electrons. The first-order valence-corrected chi connectivity index (χ1v) is 6.21. The lowest BCUT2D eigenvalue weighted by Gasteiger charge is -2.27. The van der Waals surface area contributed by atoms with Crippen molar-refractivity contribution in [3.8, 4) is 0 Å². The van der Waals surface area contributed by atoms with E-state index in [-0.39, 0.29) is 6.61 Å². The Morgan fingerprint density at radius 1 is 1.31 bits per heavy atom. The summed E-state index contributed by atoms with van der Waals surface area (Å²) in [6, 6.07) is 0.690. The molecular weight excluding hydrogens is 204 g/mol. The van der Waals surface area contributed by atoms with Crippen LogP contribution in [-0.4, -0.2) is 44.1 Å². The van der Waals surface area contributed by atoms with Gasteiger partial charge in [-0.25, -0.2) is 0 Å². The second-order valence-corrected chi connectivity index (χ2v) is 4.61. The maximum atomic E-state index is 9.01. The highest BCUT2D eigenvalue weighted by molar-refractivity contribution is 4.76. The molecule has 0 aliphatic rings. The fraction of sp³-hybridized carbons (Fsp3) is 1.00. The smallest absolute Gasteiger partial charge is 0.0615 e. The monoisotopic (exact) mass is 232 g/mol. The van der Waals surface area contributed by atoms with Crippen LogP contribution in [0.4, 0.5) is 0 Å². The Balaban J connectivity index is 4.09. The summed E-state index contributed by atoms with van der Waals surface area (Å²) in [5.74, 6) is 0.518. The summed E-state index contributed by atoms with van der Waals surface area (Å²) in [6.45, 7) is 5.98. The molecule has 0 aromatic heterocycles. The van der Waals surface area contributed by atoms with Crippen molar-refractivity contribution in [3.63, 3.8) is 0 Å². The van der Waals surface area contributed by atoms with Crippen LogP contribution >= 0.6 is 0 Å². The summed E-state index contributed by atoms with van der Waals surface area (Å²) in [5.41, 5.74) is 5.51. The topological polar surface area (TPSA) is 67.5 Å². The van der Waals surface area contributed by atoms with Gasteiger partial charge in [0.25, 0.3) is 0 Å². The molecule has 0 saturated heterocycles. The van der Waals surface area contributed by atoms with Crippen LogP contribution in [0.15, 0.2) is 0 Å². The molecule has 0 aromatic rings. The van der Waals surface area contributed by atoms with Crippen molar-refractivity contribution in [2.24, 2.45) is 11.7 Å². The normalized spacial score (nSPS) is 15.4. The summed E-state index contributed by atoms with van der Waals surface area (Å²) in [6.07, 6.45) is 2.82. The minimum absolute atomic E-state index is 0.229. The third-order valence-electron chi connectivity index (χ3n) is 2.82. The van der Waals surface area contributed by atoms with E-state index in [1.807, 2.05) is 0 Å². The average molecular weight is 232 g/mol. The fourth-order valence-electron chi connectivity index (χ4n) is 1.83. The lowest BCUT2D eigenvalue weighted by molar-refractivity contribution is 0.143. The third kappa shape index (κ3) is 7.17. The van der Waals surface area contributed by atoms with Gasteiger partial charge >= 0.3 is 0 Å². The van der Waals surface area contributed by atoms with Crippen molar-refractivity contribution in [3.05, 3.63) is 0 Å². The molecule has 4 heteroatoms. The number of ether oxygens (including phenoxy) is 1. The van der Waals surface area contributed by atoms with Crippen LogP contribution in [0.5, 0.6) is 0 Å². The van der Waals surface area contributed by atoms with Crippen LogP contribution in [-0.2, 0) is 4.74 Å². The Bertz CT molecular complexity index is 154. The molecular formula is C12H28N2O2. The van der Waals surface area contributed by atoms with Crippen molar-refractivity contribution < 1.29 is 9.84 Å². The van der Waals surface area contributed by atoms with E-state index >= 15 is 0 Å². The molecule has 0 aromatic carbocycles. The maximum absolute atomic E-state index is 9.01. The summed E-state index contributed by atoms with van der Waals surface area (Å²) < 4.78 is 5.19. The molecule has 0 fully saturated rings. The summed E-state index contributed by atoms with van der Waals surface area (Å²) >= 11 is 0. The summed E-state index contributed by atoms with van der Waals surface area (Å²) in [5, 5.41) is 12.6. The van der Waals surface area contributed by atoms with E-state index in [4.69, 9.17) is 15.6 Å². The maximum Gasteiger partial charge on any atom is 0.0615 e. The van der Waals surface area contributed by atoms with Gasteiger partial charge in [-0.3, -0.25) is 0 Å². The molecule has 98 valence electrons. The first-order valence-electron chi connectivity index (χ1n) is 6.21. The lowest BCUT2D eigenvalue weighted by atomic mass is 9.99. The molecule has 2 atom stereocenters. The molecule has 0 heterocycles. The Morgan fingerprint density at radius 3 is 2.44 bits per heavy atom. The van der Waals surface area contributed by atoms with E-state index in [9.17, 15) is 0 Å². The van der Waals surface area contributed by atoms with Crippen LogP contribution in [0.25, 0.3) is 0 Å². The molecule has 0 aliphatic heterocycles. The highest BCUT2D eigenvalue weighted by Crippen LogP contribution is 2.09. The third-order valence-corrected chi connectivity index (χ3v) is 2.82. The molecule has 4 nitrogen and oxygen atoms in total. The zero-order valence-corrected chi connectivity index (χ0v) is 10.9. The highest BCUT2D eigenvalue weighted by atomic mass is 16.5. The number of rotatable bonds is 10. The zero-order chi connectivity index (χ0) is 12.4. The van der Waals surface area contributed by atoms with Crippen molar-refractivity contribution in [1.29, 1.82) is 0 Å². The summed E-state index contributed by atoms with van der Waals surface area (Å²) in [4.78, 5) is 0. The van der Waals surface area contributed by atoms with Crippen molar-refractivity contribution >= 4 is 0 Å². The zero-order valence-electron chi connectivity index (χ0n) is 10.9. The van der Waals surface area contributed by atoms with Gasteiger partial charge in [-0.15, -0.1) is 0 Å². The van der Waals surface area contributed by atoms with Crippen molar-refractivity contribution in [1.82, 2.24) is 5.32 Å². The van der Waals surface area contributed by atoms with Gasteiger partial charge in [0, 0.05) is 25.8 Å². The number of aliphatic hydroxyl groups is 1. The first-order chi connectivity index (χ1) is 7.65. The quantitative estimate of drug-likeness (QED) is 0.519. The fourth-order valence-corrected chi connectivity index (χ4v) is 1.83. The number of hydrogen-bond donors (Lipinski definition) is 3. The Morgan fingerprint density at radius 2 is 2.00 bits per heavy atom. The number of nitrogens with two attached hydrogens (primary N) is 1. The van der Waals surface area contributed by atoms with E-state index in [0.29, 0.717) is 31.2 Å². The number of hydrogen-bond acceptors (Lipinski definition) is 4. The lowest BCUT2D eigenvalue weighted by Crippen LogP contribution is -2.44. The summed E-state index contributed by atoms with van der Waals surface area (Å²) in [7, 11) is 1.72. The molecule has 0 rings (SSSR count). The van der Waals surface area contributed by atoms with E-state index < -0.39 is 0 Å². The molecule has 4 N–H and O–H groups in total. The van der Waals surface area contributed by atoms with Gasteiger partial charge in [0.15, 0.2) is 0 Å². The molecule has 2 unspecified atom stereocenters. The van der Waals surface area contributed by atoms with Gasteiger partial charge in [0.05, 0.1) is 6.61 Å². The van der Waals surface area contributed by atoms with Crippen LogP contribution in [0.2, 0.25) is 0 Å². The van der Waals surface area contributed by atoms with Gasteiger partial charge in [-0.05, 0) is 31.7 Å². The molecule has 0 amide bonds. The Labute approximate surface area is 99.6 Å². The van der Waals surface area contributed by atoms with E-state index in [1.165, 1.54) is 0 Å². The predicted molar refractivity (Wildman–Crippen MR) is 67.4 cm³/mol. The Hall–Kier alpha value is -0.160. The second-order valence-electron chi connectivity index (χ2n) is 4.61. The second kappa shape index (κ2) is 10.0. The van der Waals surface area contributed by atoms with E-state index in [0.717, 1.165) is 19.3 Å². The Kier molecular flexibility index (Phi) is 9.92. The van der Waals surface area contributed by atoms with Crippen LogP contribution in [0.1, 0.15) is 33.1 Å². The van der Waals surface area contributed by atoms with E-state index in [2.05, 4.69) is 19.2 Å². The predicted octanol–water partition coefficient (Wildman–Crippen LogP) is 0.737. The first kappa shape index (κ1) is 15.8. The van der Waals surface area contributed by atoms with Gasteiger partial charge in [0.2, 0.25) is 0 Å². The molecule has 0 aliphatic carbocycles. The van der Waals surface area contributed by atoms with Gasteiger partial charge < -0.3 is 20.9 Å². The number of methoxy groups -OCH3 is 1. The minimum Gasteiger partial charge on any atom is -0.396 e. The average Bonchev–Trinajstić information content (AvgIpc) is 2.25. The largest absolute Gasteiger partial charge is 0.396 e. The number of aliphatic hydroxyl groups excluding tert-OH is 1. The van der Waals surface area contributed by atoms with Gasteiger partial charge in [0.1, 0.15) is 0 Å².